The number of rotatable bonds is 5. The van der Waals surface area contributed by atoms with E-state index in [0.29, 0.717) is 19.8 Å². The van der Waals surface area contributed by atoms with Gasteiger partial charge in [-0.15, -0.1) is 0 Å². The Labute approximate surface area is 166 Å². The quantitative estimate of drug-likeness (QED) is 0.746. The van der Waals surface area contributed by atoms with Crippen molar-refractivity contribution in [3.05, 3.63) is 59.7 Å². The van der Waals surface area contributed by atoms with Gasteiger partial charge in [-0.3, -0.25) is 9.69 Å². The molecular weight excluding hydrogens is 352 g/mol. The van der Waals surface area contributed by atoms with Crippen molar-refractivity contribution in [3.8, 4) is 0 Å². The van der Waals surface area contributed by atoms with Gasteiger partial charge < -0.3 is 14.4 Å². The van der Waals surface area contributed by atoms with Crippen molar-refractivity contribution in [2.24, 2.45) is 0 Å². The minimum Gasteiger partial charge on any atom is -0.465 e. The Kier molecular flexibility index (Phi) is 5.93. The number of carbonyl (C=O) groups is 1. The minimum absolute atomic E-state index is 0.0439. The van der Waals surface area contributed by atoms with Gasteiger partial charge in [0.25, 0.3) is 0 Å². The summed E-state index contributed by atoms with van der Waals surface area (Å²) in [6.07, 6.45) is 2.14. The second kappa shape index (κ2) is 8.76. The zero-order chi connectivity index (χ0) is 19.3. The first-order valence-corrected chi connectivity index (χ1v) is 10.2. The molecular formula is C23H28N2O3. The first kappa shape index (κ1) is 19.0. The van der Waals surface area contributed by atoms with E-state index in [9.17, 15) is 4.79 Å². The minimum atomic E-state index is -0.159. The number of para-hydroxylation sites is 2. The Morgan fingerprint density at radius 2 is 1.71 bits per heavy atom. The summed E-state index contributed by atoms with van der Waals surface area (Å²) in [5.41, 5.74) is 5.27. The Morgan fingerprint density at radius 3 is 2.36 bits per heavy atom. The summed E-state index contributed by atoms with van der Waals surface area (Å²) >= 11 is 0. The number of carbonyl (C=O) groups excluding carboxylic acids is 1. The van der Waals surface area contributed by atoms with Gasteiger partial charge in [-0.1, -0.05) is 36.4 Å². The summed E-state index contributed by atoms with van der Waals surface area (Å²) in [6.45, 7) is 5.51. The zero-order valence-corrected chi connectivity index (χ0v) is 16.5. The molecule has 4 rings (SSSR count). The van der Waals surface area contributed by atoms with Crippen LogP contribution in [-0.4, -0.2) is 56.4 Å². The van der Waals surface area contributed by atoms with Gasteiger partial charge in [-0.05, 0) is 43.0 Å². The van der Waals surface area contributed by atoms with Crippen molar-refractivity contribution in [2.45, 2.75) is 25.9 Å². The summed E-state index contributed by atoms with van der Waals surface area (Å²) in [5, 5.41) is 0. The number of aryl methyl sites for hydroxylation is 2. The van der Waals surface area contributed by atoms with Gasteiger partial charge in [0.1, 0.15) is 0 Å². The molecule has 2 aromatic carbocycles. The van der Waals surface area contributed by atoms with Crippen LogP contribution in [0.1, 0.15) is 18.1 Å². The van der Waals surface area contributed by atoms with E-state index in [4.69, 9.17) is 9.47 Å². The number of nitrogens with zero attached hydrogens (tertiary/aromatic N) is 2. The molecule has 0 aromatic heterocycles. The lowest BCUT2D eigenvalue weighted by Crippen LogP contribution is -2.48. The number of morpholine rings is 1. The highest BCUT2D eigenvalue weighted by atomic mass is 16.5. The first-order valence-electron chi connectivity index (χ1n) is 10.2. The third-order valence-electron chi connectivity index (χ3n) is 5.50. The molecule has 0 radical (unpaired) electrons. The average molecular weight is 380 g/mol. The van der Waals surface area contributed by atoms with Crippen LogP contribution in [0.5, 0.6) is 0 Å². The summed E-state index contributed by atoms with van der Waals surface area (Å²) in [4.78, 5) is 16.4. The van der Waals surface area contributed by atoms with Gasteiger partial charge in [0.2, 0.25) is 0 Å². The van der Waals surface area contributed by atoms with Crippen LogP contribution in [0.25, 0.3) is 0 Å². The summed E-state index contributed by atoms with van der Waals surface area (Å²) in [5.74, 6) is -0.159. The Hall–Kier alpha value is -2.37. The van der Waals surface area contributed by atoms with Gasteiger partial charge in [0.05, 0.1) is 32.4 Å². The molecule has 148 valence electrons. The SMILES string of the molecule is CCOC(=O)CN1CCOC(CN2c3ccccc3CCc3ccccc32)C1. The van der Waals surface area contributed by atoms with Crippen LogP contribution in [0.15, 0.2) is 48.5 Å². The van der Waals surface area contributed by atoms with Gasteiger partial charge in [-0.2, -0.15) is 0 Å². The fraction of sp³-hybridized carbons (Fsp3) is 0.435. The predicted octanol–water partition coefficient (Wildman–Crippen LogP) is 3.19. The maximum absolute atomic E-state index is 11.9. The molecule has 0 spiro atoms. The molecule has 0 aliphatic carbocycles. The molecule has 1 fully saturated rings. The van der Waals surface area contributed by atoms with E-state index >= 15 is 0 Å². The van der Waals surface area contributed by atoms with Gasteiger partial charge >= 0.3 is 5.97 Å². The van der Waals surface area contributed by atoms with E-state index in [2.05, 4.69) is 58.3 Å². The number of fused-ring (bicyclic) bond motifs is 2. The molecule has 28 heavy (non-hydrogen) atoms. The van der Waals surface area contributed by atoms with Crippen LogP contribution in [-0.2, 0) is 27.1 Å². The highest BCUT2D eigenvalue weighted by Crippen LogP contribution is 2.36. The van der Waals surface area contributed by atoms with Crippen molar-refractivity contribution in [2.75, 3.05) is 44.3 Å². The van der Waals surface area contributed by atoms with Crippen LogP contribution in [0, 0.1) is 0 Å². The van der Waals surface area contributed by atoms with Crippen molar-refractivity contribution in [3.63, 3.8) is 0 Å². The Bertz CT molecular complexity index is 775. The van der Waals surface area contributed by atoms with E-state index in [1.807, 2.05) is 6.92 Å². The standard InChI is InChI=1S/C23H28N2O3/c1-2-27-23(26)17-24-13-14-28-20(15-24)16-25-21-9-5-3-7-18(21)11-12-19-8-4-6-10-22(19)25/h3-10,20H,2,11-17H2,1H3. The van der Waals surface area contributed by atoms with Gasteiger partial charge in [0, 0.05) is 24.5 Å². The first-order chi connectivity index (χ1) is 13.7. The second-order valence-corrected chi connectivity index (χ2v) is 7.40. The number of hydrogen-bond donors (Lipinski definition) is 0. The number of ether oxygens (including phenoxy) is 2. The molecule has 2 heterocycles. The number of benzene rings is 2. The van der Waals surface area contributed by atoms with Gasteiger partial charge in [0.15, 0.2) is 0 Å². The maximum atomic E-state index is 11.9. The number of hydrogen-bond acceptors (Lipinski definition) is 5. The lowest BCUT2D eigenvalue weighted by atomic mass is 10.0. The molecule has 0 bridgehead atoms. The zero-order valence-electron chi connectivity index (χ0n) is 16.5. The fourth-order valence-corrected chi connectivity index (χ4v) is 4.19. The predicted molar refractivity (Wildman–Crippen MR) is 110 cm³/mol. The Balaban J connectivity index is 1.54. The molecule has 0 saturated carbocycles. The Morgan fingerprint density at radius 1 is 1.07 bits per heavy atom. The van der Waals surface area contributed by atoms with Crippen LogP contribution >= 0.6 is 0 Å². The number of esters is 1. The third-order valence-corrected chi connectivity index (χ3v) is 5.50. The van der Waals surface area contributed by atoms with E-state index in [0.717, 1.165) is 32.5 Å². The molecule has 1 unspecified atom stereocenters. The van der Waals surface area contributed by atoms with Crippen LogP contribution < -0.4 is 4.90 Å². The molecule has 0 amide bonds. The third kappa shape index (κ3) is 4.21. The normalized spacial score (nSPS) is 19.5. The fourth-order valence-electron chi connectivity index (χ4n) is 4.19. The highest BCUT2D eigenvalue weighted by molar-refractivity contribution is 5.72. The van der Waals surface area contributed by atoms with Crippen molar-refractivity contribution >= 4 is 17.3 Å². The summed E-state index contributed by atoms with van der Waals surface area (Å²) in [7, 11) is 0. The maximum Gasteiger partial charge on any atom is 0.320 e. The van der Waals surface area contributed by atoms with Crippen LogP contribution in [0.4, 0.5) is 11.4 Å². The molecule has 1 saturated heterocycles. The smallest absolute Gasteiger partial charge is 0.320 e. The van der Waals surface area contributed by atoms with Crippen molar-refractivity contribution in [1.29, 1.82) is 0 Å². The van der Waals surface area contributed by atoms with Crippen molar-refractivity contribution < 1.29 is 14.3 Å². The lowest BCUT2D eigenvalue weighted by Gasteiger charge is -2.36. The lowest BCUT2D eigenvalue weighted by molar-refractivity contribution is -0.146. The summed E-state index contributed by atoms with van der Waals surface area (Å²) in [6, 6.07) is 17.3. The largest absolute Gasteiger partial charge is 0.465 e. The van der Waals surface area contributed by atoms with Crippen molar-refractivity contribution in [1.82, 2.24) is 4.90 Å². The second-order valence-electron chi connectivity index (χ2n) is 7.40. The molecule has 0 N–H and O–H groups in total. The van der Waals surface area contributed by atoms with E-state index in [1.165, 1.54) is 22.5 Å². The molecule has 5 heteroatoms. The van der Waals surface area contributed by atoms with E-state index in [-0.39, 0.29) is 12.1 Å². The van der Waals surface area contributed by atoms with E-state index in [1.54, 1.807) is 0 Å². The number of anilines is 2. The monoisotopic (exact) mass is 380 g/mol. The van der Waals surface area contributed by atoms with Crippen LogP contribution in [0.2, 0.25) is 0 Å². The summed E-state index contributed by atoms with van der Waals surface area (Å²) < 4.78 is 11.2. The topological polar surface area (TPSA) is 42.0 Å². The van der Waals surface area contributed by atoms with Crippen LogP contribution in [0.3, 0.4) is 0 Å². The molecule has 2 aromatic rings. The molecule has 2 aliphatic heterocycles. The molecule has 2 aliphatic rings. The van der Waals surface area contributed by atoms with E-state index < -0.39 is 0 Å². The average Bonchev–Trinajstić information content (AvgIpc) is 2.86. The highest BCUT2D eigenvalue weighted by Gasteiger charge is 2.27. The molecule has 5 nitrogen and oxygen atoms in total. The van der Waals surface area contributed by atoms with Gasteiger partial charge in [-0.25, -0.2) is 0 Å². The molecule has 1 atom stereocenters.